The maximum Gasteiger partial charge on any atom is 0.412 e. The predicted octanol–water partition coefficient (Wildman–Crippen LogP) is 2.18. The molecule has 104 valence electrons. The van der Waals surface area contributed by atoms with E-state index >= 15 is 0 Å². The molecular weight excluding hydrogens is 282 g/mol. The molecule has 0 spiro atoms. The zero-order chi connectivity index (χ0) is 14.5. The first-order valence-electron chi connectivity index (χ1n) is 5.77. The van der Waals surface area contributed by atoms with E-state index in [2.05, 4.69) is 10.3 Å². The van der Waals surface area contributed by atoms with Crippen LogP contribution in [0.15, 0.2) is 41.5 Å². The molecule has 20 heavy (non-hydrogen) atoms. The standard InChI is InChI=1S/C13H12ClN3O3/c1-17-8-15-11(14)10(12(17)18)16-13(19)20-7-9-5-3-2-4-6-9/h2-6,8H,7H2,1H3,(H,16,19). The summed E-state index contributed by atoms with van der Waals surface area (Å²) in [5, 5.41) is 2.22. The van der Waals surface area contributed by atoms with Crippen molar-refractivity contribution in [3.63, 3.8) is 0 Å². The Morgan fingerprint density at radius 2 is 2.10 bits per heavy atom. The number of halogens is 1. The number of aryl methyl sites for hydroxylation is 1. The number of hydrogen-bond acceptors (Lipinski definition) is 4. The molecule has 1 aromatic heterocycles. The molecule has 0 aliphatic rings. The van der Waals surface area contributed by atoms with E-state index in [1.807, 2.05) is 30.3 Å². The lowest BCUT2D eigenvalue weighted by atomic mass is 10.2. The normalized spacial score (nSPS) is 10.1. The highest BCUT2D eigenvalue weighted by Crippen LogP contribution is 2.13. The summed E-state index contributed by atoms with van der Waals surface area (Å²) in [6, 6.07) is 9.18. The Kier molecular flexibility index (Phi) is 4.37. The van der Waals surface area contributed by atoms with Gasteiger partial charge >= 0.3 is 6.09 Å². The van der Waals surface area contributed by atoms with Gasteiger partial charge < -0.3 is 9.30 Å². The van der Waals surface area contributed by atoms with Crippen LogP contribution in [0.4, 0.5) is 10.5 Å². The van der Waals surface area contributed by atoms with Crippen LogP contribution in [0.25, 0.3) is 0 Å². The Bertz CT molecular complexity index is 670. The van der Waals surface area contributed by atoms with Crippen molar-refractivity contribution < 1.29 is 9.53 Å². The van der Waals surface area contributed by atoms with Crippen molar-refractivity contribution >= 4 is 23.4 Å². The molecule has 1 N–H and O–H groups in total. The van der Waals surface area contributed by atoms with Gasteiger partial charge in [-0.3, -0.25) is 10.1 Å². The molecule has 0 radical (unpaired) electrons. The number of rotatable bonds is 3. The summed E-state index contributed by atoms with van der Waals surface area (Å²) in [5.74, 6) is 0. The number of benzene rings is 1. The first-order valence-corrected chi connectivity index (χ1v) is 6.14. The minimum Gasteiger partial charge on any atom is -0.444 e. The minimum atomic E-state index is -0.763. The molecule has 0 unspecified atom stereocenters. The second-order valence-corrected chi connectivity index (χ2v) is 4.37. The Morgan fingerprint density at radius 1 is 1.40 bits per heavy atom. The summed E-state index contributed by atoms with van der Waals surface area (Å²) in [6.07, 6.45) is 0.506. The number of ether oxygens (including phenoxy) is 1. The van der Waals surface area contributed by atoms with E-state index in [-0.39, 0.29) is 17.4 Å². The van der Waals surface area contributed by atoms with Crippen molar-refractivity contribution in [3.05, 3.63) is 57.7 Å². The fraction of sp³-hybridized carbons (Fsp3) is 0.154. The fourth-order valence-corrected chi connectivity index (χ4v) is 1.66. The van der Waals surface area contributed by atoms with Crippen LogP contribution in [0.3, 0.4) is 0 Å². The maximum absolute atomic E-state index is 11.8. The summed E-state index contributed by atoms with van der Waals surface area (Å²) < 4.78 is 6.20. The van der Waals surface area contributed by atoms with E-state index < -0.39 is 11.7 Å². The summed E-state index contributed by atoms with van der Waals surface area (Å²) in [4.78, 5) is 27.2. The van der Waals surface area contributed by atoms with Gasteiger partial charge in [-0.05, 0) is 5.56 Å². The van der Waals surface area contributed by atoms with Gasteiger partial charge in [0.05, 0.1) is 6.33 Å². The van der Waals surface area contributed by atoms with Crippen LogP contribution < -0.4 is 10.9 Å². The molecule has 0 fully saturated rings. The molecule has 1 amide bonds. The number of anilines is 1. The number of carbonyl (C=O) groups excluding carboxylic acids is 1. The first kappa shape index (κ1) is 14.1. The highest BCUT2D eigenvalue weighted by atomic mass is 35.5. The quantitative estimate of drug-likeness (QED) is 0.880. The molecule has 0 aliphatic heterocycles. The van der Waals surface area contributed by atoms with Gasteiger partial charge in [0.15, 0.2) is 5.15 Å². The lowest BCUT2D eigenvalue weighted by molar-refractivity contribution is 0.155. The Labute approximate surface area is 120 Å². The van der Waals surface area contributed by atoms with Gasteiger partial charge in [0.25, 0.3) is 5.56 Å². The second kappa shape index (κ2) is 6.21. The summed E-state index contributed by atoms with van der Waals surface area (Å²) in [7, 11) is 1.51. The van der Waals surface area contributed by atoms with Gasteiger partial charge in [0.1, 0.15) is 12.3 Å². The van der Waals surface area contributed by atoms with Crippen molar-refractivity contribution in [1.82, 2.24) is 9.55 Å². The molecule has 2 rings (SSSR count). The van der Waals surface area contributed by atoms with Gasteiger partial charge in [-0.25, -0.2) is 9.78 Å². The van der Waals surface area contributed by atoms with Crippen molar-refractivity contribution in [1.29, 1.82) is 0 Å². The second-order valence-electron chi connectivity index (χ2n) is 4.01. The van der Waals surface area contributed by atoms with E-state index in [4.69, 9.17) is 16.3 Å². The van der Waals surface area contributed by atoms with Gasteiger partial charge in [-0.1, -0.05) is 41.9 Å². The Balaban J connectivity index is 2.02. The Hall–Kier alpha value is -2.34. The molecule has 7 heteroatoms. The molecule has 1 aromatic carbocycles. The van der Waals surface area contributed by atoms with Gasteiger partial charge in [-0.2, -0.15) is 0 Å². The number of hydrogen-bond donors (Lipinski definition) is 1. The van der Waals surface area contributed by atoms with E-state index in [0.29, 0.717) is 0 Å². The topological polar surface area (TPSA) is 73.2 Å². The molecule has 0 aliphatic carbocycles. The van der Waals surface area contributed by atoms with Crippen LogP contribution in [0.5, 0.6) is 0 Å². The van der Waals surface area contributed by atoms with Crippen molar-refractivity contribution in [2.75, 3.05) is 5.32 Å². The number of nitrogens with zero attached hydrogens (tertiary/aromatic N) is 2. The number of aromatic nitrogens is 2. The highest BCUT2D eigenvalue weighted by molar-refractivity contribution is 6.32. The molecule has 6 nitrogen and oxygen atoms in total. The minimum absolute atomic E-state index is 0.0789. The highest BCUT2D eigenvalue weighted by Gasteiger charge is 2.13. The van der Waals surface area contributed by atoms with Crippen LogP contribution in [0.1, 0.15) is 5.56 Å². The fourth-order valence-electron chi connectivity index (χ4n) is 1.49. The van der Waals surface area contributed by atoms with Gasteiger partial charge in [-0.15, -0.1) is 0 Å². The van der Waals surface area contributed by atoms with Crippen molar-refractivity contribution in [3.8, 4) is 0 Å². The SMILES string of the molecule is Cn1cnc(Cl)c(NC(=O)OCc2ccccc2)c1=O. The molecule has 2 aromatic rings. The van der Waals surface area contributed by atoms with Crippen molar-refractivity contribution in [2.45, 2.75) is 6.61 Å². The maximum atomic E-state index is 11.8. The van der Waals surface area contributed by atoms with Crippen LogP contribution >= 0.6 is 11.6 Å². The van der Waals surface area contributed by atoms with Crippen molar-refractivity contribution in [2.24, 2.45) is 7.05 Å². The number of nitrogens with one attached hydrogen (secondary N) is 1. The molecule has 1 heterocycles. The summed E-state index contributed by atoms with van der Waals surface area (Å²) in [6.45, 7) is 0.102. The predicted molar refractivity (Wildman–Crippen MR) is 74.7 cm³/mol. The molecule has 0 saturated carbocycles. The molecular formula is C13H12ClN3O3. The first-order chi connectivity index (χ1) is 9.58. The van der Waals surface area contributed by atoms with Gasteiger partial charge in [0, 0.05) is 7.05 Å². The van der Waals surface area contributed by atoms with Gasteiger partial charge in [0.2, 0.25) is 0 Å². The third kappa shape index (κ3) is 3.36. The largest absolute Gasteiger partial charge is 0.444 e. The van der Waals surface area contributed by atoms with E-state index in [9.17, 15) is 9.59 Å². The van der Waals surface area contributed by atoms with Crippen LogP contribution in [-0.4, -0.2) is 15.6 Å². The number of amides is 1. The van der Waals surface area contributed by atoms with E-state index in [0.717, 1.165) is 5.56 Å². The third-order valence-corrected chi connectivity index (χ3v) is 2.81. The molecule has 0 atom stereocenters. The number of carbonyl (C=O) groups is 1. The third-order valence-electron chi connectivity index (χ3n) is 2.52. The summed E-state index contributed by atoms with van der Waals surface area (Å²) in [5.41, 5.74) is 0.282. The lowest BCUT2D eigenvalue weighted by Gasteiger charge is -2.08. The lowest BCUT2D eigenvalue weighted by Crippen LogP contribution is -2.25. The molecule has 0 bridgehead atoms. The summed E-state index contributed by atoms with van der Waals surface area (Å²) >= 11 is 5.77. The zero-order valence-corrected chi connectivity index (χ0v) is 11.4. The average Bonchev–Trinajstić information content (AvgIpc) is 2.46. The van der Waals surface area contributed by atoms with E-state index in [1.54, 1.807) is 0 Å². The van der Waals surface area contributed by atoms with Crippen LogP contribution in [0, 0.1) is 0 Å². The van der Waals surface area contributed by atoms with Crippen LogP contribution in [0.2, 0.25) is 5.15 Å². The monoisotopic (exact) mass is 293 g/mol. The zero-order valence-electron chi connectivity index (χ0n) is 10.7. The molecule has 0 saturated heterocycles. The average molecular weight is 294 g/mol. The Morgan fingerprint density at radius 3 is 2.80 bits per heavy atom. The van der Waals surface area contributed by atoms with E-state index in [1.165, 1.54) is 17.9 Å². The smallest absolute Gasteiger partial charge is 0.412 e. The van der Waals surface area contributed by atoms with Crippen LogP contribution in [-0.2, 0) is 18.4 Å².